The van der Waals surface area contributed by atoms with E-state index in [0.29, 0.717) is 13.1 Å². The third kappa shape index (κ3) is 3.89. The molecular formula is C18H24N6O2S. The van der Waals surface area contributed by atoms with Gasteiger partial charge in [0, 0.05) is 57.9 Å². The SMILES string of the molecule is O=S(=O)(c1ccc(N2CCCN(c3ncccn3)CC2)nc1)N1CCCC1. The lowest BCUT2D eigenvalue weighted by molar-refractivity contribution is 0.477. The maximum atomic E-state index is 12.6. The summed E-state index contributed by atoms with van der Waals surface area (Å²) >= 11 is 0. The van der Waals surface area contributed by atoms with E-state index in [9.17, 15) is 8.42 Å². The van der Waals surface area contributed by atoms with Gasteiger partial charge in [0.1, 0.15) is 10.7 Å². The largest absolute Gasteiger partial charge is 0.355 e. The molecule has 27 heavy (non-hydrogen) atoms. The first-order valence-corrected chi connectivity index (χ1v) is 10.8. The van der Waals surface area contributed by atoms with Crippen molar-refractivity contribution in [3.05, 3.63) is 36.8 Å². The quantitative estimate of drug-likeness (QED) is 0.782. The molecule has 144 valence electrons. The van der Waals surface area contributed by atoms with Gasteiger partial charge in [0.05, 0.1) is 0 Å². The smallest absolute Gasteiger partial charge is 0.244 e. The Morgan fingerprint density at radius 2 is 1.48 bits per heavy atom. The molecule has 0 radical (unpaired) electrons. The Labute approximate surface area is 159 Å². The molecule has 0 atom stereocenters. The van der Waals surface area contributed by atoms with Gasteiger partial charge in [-0.25, -0.2) is 23.4 Å². The number of hydrogen-bond donors (Lipinski definition) is 0. The normalized spacial score (nSPS) is 19.3. The minimum absolute atomic E-state index is 0.280. The summed E-state index contributed by atoms with van der Waals surface area (Å²) in [5, 5.41) is 0. The molecule has 0 N–H and O–H groups in total. The molecule has 4 heterocycles. The maximum absolute atomic E-state index is 12.6. The lowest BCUT2D eigenvalue weighted by Gasteiger charge is -2.23. The maximum Gasteiger partial charge on any atom is 0.244 e. The molecule has 0 aliphatic carbocycles. The van der Waals surface area contributed by atoms with Crippen molar-refractivity contribution in [3.63, 3.8) is 0 Å². The molecule has 0 saturated carbocycles. The van der Waals surface area contributed by atoms with Crippen molar-refractivity contribution in [2.24, 2.45) is 0 Å². The van der Waals surface area contributed by atoms with Crippen LogP contribution in [0.2, 0.25) is 0 Å². The second-order valence-corrected chi connectivity index (χ2v) is 8.78. The molecule has 0 bridgehead atoms. The average molecular weight is 388 g/mol. The van der Waals surface area contributed by atoms with Crippen LogP contribution in [0.4, 0.5) is 11.8 Å². The van der Waals surface area contributed by atoms with Gasteiger partial charge >= 0.3 is 0 Å². The van der Waals surface area contributed by atoms with Crippen molar-refractivity contribution in [1.82, 2.24) is 19.3 Å². The average Bonchev–Trinajstić information content (AvgIpc) is 3.15. The minimum atomic E-state index is -3.41. The molecule has 4 rings (SSSR count). The Bertz CT molecular complexity index is 853. The molecule has 0 aromatic carbocycles. The zero-order valence-electron chi connectivity index (χ0n) is 15.2. The molecule has 8 nitrogen and oxygen atoms in total. The van der Waals surface area contributed by atoms with E-state index in [0.717, 1.165) is 57.2 Å². The Morgan fingerprint density at radius 1 is 0.778 bits per heavy atom. The molecule has 2 aliphatic rings. The first-order chi connectivity index (χ1) is 13.1. The van der Waals surface area contributed by atoms with Gasteiger partial charge in [-0.1, -0.05) is 0 Å². The summed E-state index contributed by atoms with van der Waals surface area (Å²) in [4.78, 5) is 17.7. The van der Waals surface area contributed by atoms with Crippen molar-refractivity contribution >= 4 is 21.8 Å². The van der Waals surface area contributed by atoms with Gasteiger partial charge in [-0.15, -0.1) is 0 Å². The van der Waals surface area contributed by atoms with E-state index in [2.05, 4.69) is 24.8 Å². The van der Waals surface area contributed by atoms with Gasteiger partial charge in [0.25, 0.3) is 0 Å². The molecule has 0 amide bonds. The topological polar surface area (TPSA) is 82.5 Å². The lowest BCUT2D eigenvalue weighted by atomic mass is 10.3. The summed E-state index contributed by atoms with van der Waals surface area (Å²) in [7, 11) is -3.41. The molecule has 2 aromatic rings. The Balaban J connectivity index is 1.45. The van der Waals surface area contributed by atoms with E-state index in [-0.39, 0.29) is 4.90 Å². The summed E-state index contributed by atoms with van der Waals surface area (Å²) in [6.07, 6.45) is 7.83. The number of anilines is 2. The first-order valence-electron chi connectivity index (χ1n) is 9.38. The van der Waals surface area contributed by atoms with Gasteiger partial charge in [0.2, 0.25) is 16.0 Å². The summed E-state index contributed by atoms with van der Waals surface area (Å²) in [5.41, 5.74) is 0. The molecular weight excluding hydrogens is 364 g/mol. The van der Waals surface area contributed by atoms with Crippen LogP contribution in [-0.4, -0.2) is 66.9 Å². The molecule has 0 unspecified atom stereocenters. The van der Waals surface area contributed by atoms with Crippen molar-refractivity contribution in [3.8, 4) is 0 Å². The lowest BCUT2D eigenvalue weighted by Crippen LogP contribution is -2.32. The van der Waals surface area contributed by atoms with E-state index in [4.69, 9.17) is 0 Å². The predicted molar refractivity (Wildman–Crippen MR) is 103 cm³/mol. The van der Waals surface area contributed by atoms with E-state index in [1.807, 2.05) is 12.1 Å². The van der Waals surface area contributed by atoms with Crippen LogP contribution in [0, 0.1) is 0 Å². The number of pyridine rings is 1. The Kier molecular flexibility index (Phi) is 5.22. The monoisotopic (exact) mass is 388 g/mol. The molecule has 9 heteroatoms. The summed E-state index contributed by atoms with van der Waals surface area (Å²) in [6.45, 7) is 4.57. The molecule has 2 aromatic heterocycles. The first kappa shape index (κ1) is 18.1. The third-order valence-corrected chi connectivity index (χ3v) is 6.96. The molecule has 2 aliphatic heterocycles. The number of nitrogens with zero attached hydrogens (tertiary/aromatic N) is 6. The molecule has 2 saturated heterocycles. The molecule has 2 fully saturated rings. The van der Waals surface area contributed by atoms with E-state index < -0.39 is 10.0 Å². The predicted octanol–water partition coefficient (Wildman–Crippen LogP) is 1.37. The number of aromatic nitrogens is 3. The van der Waals surface area contributed by atoms with Crippen LogP contribution in [0.3, 0.4) is 0 Å². The fraction of sp³-hybridized carbons (Fsp3) is 0.500. The highest BCUT2D eigenvalue weighted by Gasteiger charge is 2.27. The molecule has 0 spiro atoms. The highest BCUT2D eigenvalue weighted by atomic mass is 32.2. The third-order valence-electron chi connectivity index (χ3n) is 5.08. The zero-order chi connectivity index (χ0) is 18.7. The van der Waals surface area contributed by atoms with E-state index in [1.54, 1.807) is 22.8 Å². The summed E-state index contributed by atoms with van der Waals surface area (Å²) in [5.74, 6) is 1.56. The van der Waals surface area contributed by atoms with Crippen LogP contribution in [0.15, 0.2) is 41.7 Å². The zero-order valence-corrected chi connectivity index (χ0v) is 16.1. The van der Waals surface area contributed by atoms with Crippen molar-refractivity contribution in [2.75, 3.05) is 49.1 Å². The van der Waals surface area contributed by atoms with Gasteiger partial charge in [-0.3, -0.25) is 0 Å². The number of sulfonamides is 1. The van der Waals surface area contributed by atoms with Crippen LogP contribution in [0.1, 0.15) is 19.3 Å². The standard InChI is InChI=1S/C18H24N6O2S/c25-27(26,24-11-1-2-12-24)16-5-6-17(21-15-16)22-9-4-10-23(14-13-22)18-19-7-3-8-20-18/h3,5-8,15H,1-2,4,9-14H2. The fourth-order valence-corrected chi connectivity index (χ4v) is 5.05. The van der Waals surface area contributed by atoms with Crippen molar-refractivity contribution in [1.29, 1.82) is 0 Å². The van der Waals surface area contributed by atoms with Crippen LogP contribution in [0.5, 0.6) is 0 Å². The van der Waals surface area contributed by atoms with Gasteiger partial charge < -0.3 is 9.80 Å². The van der Waals surface area contributed by atoms with E-state index >= 15 is 0 Å². The van der Waals surface area contributed by atoms with Crippen LogP contribution < -0.4 is 9.80 Å². The number of rotatable bonds is 4. The second-order valence-electron chi connectivity index (χ2n) is 6.84. The van der Waals surface area contributed by atoms with Gasteiger partial charge in [0.15, 0.2) is 0 Å². The summed E-state index contributed by atoms with van der Waals surface area (Å²) < 4.78 is 26.8. The summed E-state index contributed by atoms with van der Waals surface area (Å²) in [6, 6.07) is 5.31. The van der Waals surface area contributed by atoms with Crippen molar-refractivity contribution < 1.29 is 8.42 Å². The Morgan fingerprint density at radius 3 is 2.19 bits per heavy atom. The highest BCUT2D eigenvalue weighted by Crippen LogP contribution is 2.22. The number of hydrogen-bond acceptors (Lipinski definition) is 7. The van der Waals surface area contributed by atoms with Crippen molar-refractivity contribution in [2.45, 2.75) is 24.2 Å². The fourth-order valence-electron chi connectivity index (χ4n) is 3.59. The van der Waals surface area contributed by atoms with Gasteiger partial charge in [-0.05, 0) is 37.5 Å². The van der Waals surface area contributed by atoms with Crippen LogP contribution in [0.25, 0.3) is 0 Å². The Hall–Kier alpha value is -2.26. The minimum Gasteiger partial charge on any atom is -0.355 e. The van der Waals surface area contributed by atoms with Crippen LogP contribution in [-0.2, 0) is 10.0 Å². The van der Waals surface area contributed by atoms with Crippen LogP contribution >= 0.6 is 0 Å². The van der Waals surface area contributed by atoms with E-state index in [1.165, 1.54) is 6.20 Å². The van der Waals surface area contributed by atoms with Gasteiger partial charge in [-0.2, -0.15) is 4.31 Å². The second kappa shape index (κ2) is 7.77. The highest BCUT2D eigenvalue weighted by molar-refractivity contribution is 7.89.